The number of nitriles is 1. The molecule has 0 aliphatic heterocycles. The molecular weight excluding hydrogens is 279 g/mol. The maximum Gasteiger partial charge on any atom is 0.163 e. The summed E-state index contributed by atoms with van der Waals surface area (Å²) >= 11 is 2.95. The van der Waals surface area contributed by atoms with E-state index < -0.39 is 23.4 Å². The van der Waals surface area contributed by atoms with E-state index in [0.29, 0.717) is 0 Å². The lowest BCUT2D eigenvalue weighted by Gasteiger charge is -2.15. The fraction of sp³-hybridized carbons (Fsp3) is 0.300. The molecule has 0 bridgehead atoms. The van der Waals surface area contributed by atoms with E-state index in [1.54, 1.807) is 0 Å². The molecule has 0 saturated carbocycles. The predicted molar refractivity (Wildman–Crippen MR) is 59.2 cm³/mol. The van der Waals surface area contributed by atoms with Crippen LogP contribution < -0.4 is 5.73 Å². The zero-order valence-corrected chi connectivity index (χ0v) is 9.83. The van der Waals surface area contributed by atoms with Gasteiger partial charge in [0.05, 0.1) is 10.5 Å². The van der Waals surface area contributed by atoms with Gasteiger partial charge in [0.25, 0.3) is 0 Å². The van der Waals surface area contributed by atoms with Crippen molar-refractivity contribution in [1.82, 2.24) is 0 Å². The number of hydrogen-bond donors (Lipinski definition) is 3. The molecule has 1 aromatic carbocycles. The van der Waals surface area contributed by atoms with Crippen molar-refractivity contribution in [3.8, 4) is 17.6 Å². The van der Waals surface area contributed by atoms with Gasteiger partial charge >= 0.3 is 0 Å². The van der Waals surface area contributed by atoms with E-state index in [0.717, 1.165) is 6.07 Å². The topological polar surface area (TPSA) is 90.3 Å². The minimum Gasteiger partial charge on any atom is -0.504 e. The Labute approximate surface area is 100 Å². The second-order valence-corrected chi connectivity index (χ2v) is 4.05. The van der Waals surface area contributed by atoms with Crippen molar-refractivity contribution in [3.63, 3.8) is 0 Å². The highest BCUT2D eigenvalue weighted by Crippen LogP contribution is 2.40. The third-order valence-electron chi connectivity index (χ3n) is 2.15. The largest absolute Gasteiger partial charge is 0.504 e. The summed E-state index contributed by atoms with van der Waals surface area (Å²) in [6.07, 6.45) is 0.454. The Morgan fingerprint density at radius 3 is 2.75 bits per heavy atom. The summed E-state index contributed by atoms with van der Waals surface area (Å²) in [5.41, 5.74) is 5.78. The third-order valence-corrected chi connectivity index (χ3v) is 2.95. The Morgan fingerprint density at radius 2 is 2.19 bits per heavy atom. The molecule has 16 heavy (non-hydrogen) atoms. The minimum absolute atomic E-state index is 0.00763. The first kappa shape index (κ1) is 12.7. The summed E-state index contributed by atoms with van der Waals surface area (Å²) in [6.45, 7) is 0. The number of halogens is 2. The Balaban J connectivity index is 3.17. The van der Waals surface area contributed by atoms with Crippen molar-refractivity contribution < 1.29 is 14.6 Å². The summed E-state index contributed by atoms with van der Waals surface area (Å²) in [5, 5.41) is 27.2. The Kier molecular flexibility index (Phi) is 4.10. The van der Waals surface area contributed by atoms with Gasteiger partial charge in [-0.25, -0.2) is 4.39 Å². The highest BCUT2D eigenvalue weighted by molar-refractivity contribution is 9.10. The Bertz CT molecular complexity index is 419. The van der Waals surface area contributed by atoms with Gasteiger partial charge in [0.2, 0.25) is 0 Å². The average Bonchev–Trinajstić information content (AvgIpc) is 2.24. The number of nitrogens with zero attached hydrogens (tertiary/aromatic N) is 1. The van der Waals surface area contributed by atoms with Crippen LogP contribution in [0.2, 0.25) is 0 Å². The maximum absolute atomic E-state index is 13.3. The lowest BCUT2D eigenvalue weighted by atomic mass is 10.0. The number of benzene rings is 1. The molecule has 4 nitrogen and oxygen atoms in total. The van der Waals surface area contributed by atoms with Crippen LogP contribution in [0.3, 0.4) is 0 Å². The van der Waals surface area contributed by atoms with Crippen LogP contribution in [0.25, 0.3) is 0 Å². The molecule has 0 fully saturated rings. The number of phenols is 2. The molecule has 0 aliphatic carbocycles. The van der Waals surface area contributed by atoms with Crippen LogP contribution in [0.1, 0.15) is 24.4 Å². The highest BCUT2D eigenvalue weighted by atomic mass is 79.9. The van der Waals surface area contributed by atoms with E-state index in [4.69, 9.17) is 11.0 Å². The zero-order chi connectivity index (χ0) is 12.3. The first-order valence-corrected chi connectivity index (χ1v) is 5.30. The Hall–Kier alpha value is -1.32. The molecule has 0 amide bonds. The lowest BCUT2D eigenvalue weighted by molar-refractivity contribution is 0.389. The summed E-state index contributed by atoms with van der Waals surface area (Å²) in [5.74, 6) is -1.74. The molecule has 0 heterocycles. The van der Waals surface area contributed by atoms with Gasteiger partial charge in [-0.3, -0.25) is 0 Å². The van der Waals surface area contributed by atoms with Crippen molar-refractivity contribution in [2.24, 2.45) is 5.73 Å². The van der Waals surface area contributed by atoms with Crippen LogP contribution in [-0.4, -0.2) is 10.2 Å². The zero-order valence-electron chi connectivity index (χ0n) is 8.24. The van der Waals surface area contributed by atoms with Crippen LogP contribution in [0.4, 0.5) is 4.39 Å². The van der Waals surface area contributed by atoms with Crippen molar-refractivity contribution in [2.75, 3.05) is 0 Å². The normalized spacial score (nSPS) is 12.1. The van der Waals surface area contributed by atoms with Crippen LogP contribution >= 0.6 is 15.9 Å². The molecule has 86 valence electrons. The van der Waals surface area contributed by atoms with Crippen molar-refractivity contribution >= 4 is 15.9 Å². The van der Waals surface area contributed by atoms with Gasteiger partial charge in [-0.15, -0.1) is 0 Å². The van der Waals surface area contributed by atoms with Gasteiger partial charge in [-0.2, -0.15) is 5.26 Å². The fourth-order valence-electron chi connectivity index (χ4n) is 1.33. The maximum atomic E-state index is 13.3. The molecule has 0 aromatic heterocycles. The molecule has 1 rings (SSSR count). The minimum atomic E-state index is -0.712. The molecule has 0 radical (unpaired) electrons. The van der Waals surface area contributed by atoms with Gasteiger partial charge in [-0.05, 0) is 22.4 Å². The number of nitrogens with two attached hydrogens (primary N) is 1. The van der Waals surface area contributed by atoms with E-state index in [-0.39, 0.29) is 22.9 Å². The van der Waals surface area contributed by atoms with Gasteiger partial charge < -0.3 is 15.9 Å². The summed E-state index contributed by atoms with van der Waals surface area (Å²) in [4.78, 5) is 0. The molecule has 0 aliphatic rings. The third kappa shape index (κ3) is 2.43. The number of phenolic OH excluding ortho intramolecular Hbond substituents is 2. The van der Waals surface area contributed by atoms with E-state index in [1.165, 1.54) is 0 Å². The van der Waals surface area contributed by atoms with Crippen LogP contribution in [0.15, 0.2) is 10.5 Å². The van der Waals surface area contributed by atoms with Gasteiger partial charge in [0.15, 0.2) is 11.5 Å². The second-order valence-electron chi connectivity index (χ2n) is 3.26. The molecular formula is C10H10BrFN2O2. The van der Waals surface area contributed by atoms with Gasteiger partial charge in [0, 0.05) is 24.1 Å². The molecule has 0 saturated heterocycles. The molecule has 6 heteroatoms. The molecule has 1 unspecified atom stereocenters. The molecule has 1 atom stereocenters. The Morgan fingerprint density at radius 1 is 1.56 bits per heavy atom. The standard InChI is InChI=1S/C10H10BrFN2O2/c11-9-5(12)4-7(15)10(16)8(9)6(14)2-1-3-13/h4,6,15-16H,1-2,14H2. The molecule has 1 aromatic rings. The lowest BCUT2D eigenvalue weighted by Crippen LogP contribution is -2.11. The highest BCUT2D eigenvalue weighted by Gasteiger charge is 2.20. The van der Waals surface area contributed by atoms with E-state index in [2.05, 4.69) is 15.9 Å². The summed E-state index contributed by atoms with van der Waals surface area (Å²) in [6, 6.07) is 1.98. The van der Waals surface area contributed by atoms with E-state index >= 15 is 0 Å². The summed E-state index contributed by atoms with van der Waals surface area (Å²) < 4.78 is 13.3. The van der Waals surface area contributed by atoms with E-state index in [9.17, 15) is 14.6 Å². The van der Waals surface area contributed by atoms with Crippen LogP contribution in [0, 0.1) is 17.1 Å². The molecule has 4 N–H and O–H groups in total. The van der Waals surface area contributed by atoms with Crippen molar-refractivity contribution in [3.05, 3.63) is 21.9 Å². The molecule has 0 spiro atoms. The predicted octanol–water partition coefficient (Wildman–Crippen LogP) is 2.30. The quantitative estimate of drug-likeness (QED) is 0.745. The van der Waals surface area contributed by atoms with Crippen LogP contribution in [-0.2, 0) is 0 Å². The number of rotatable bonds is 3. The monoisotopic (exact) mass is 288 g/mol. The number of hydrogen-bond acceptors (Lipinski definition) is 4. The SMILES string of the molecule is N#CCCC(N)c1c(O)c(O)cc(F)c1Br. The smallest absolute Gasteiger partial charge is 0.163 e. The fourth-order valence-corrected chi connectivity index (χ4v) is 1.92. The second kappa shape index (κ2) is 5.14. The van der Waals surface area contributed by atoms with Crippen LogP contribution in [0.5, 0.6) is 11.5 Å². The average molecular weight is 289 g/mol. The first-order valence-electron chi connectivity index (χ1n) is 4.51. The first-order chi connectivity index (χ1) is 7.49. The van der Waals surface area contributed by atoms with Gasteiger partial charge in [0.1, 0.15) is 5.82 Å². The van der Waals surface area contributed by atoms with E-state index in [1.807, 2.05) is 6.07 Å². The number of aromatic hydroxyl groups is 2. The van der Waals surface area contributed by atoms with Crippen molar-refractivity contribution in [1.29, 1.82) is 5.26 Å². The summed E-state index contributed by atoms with van der Waals surface area (Å²) in [7, 11) is 0. The van der Waals surface area contributed by atoms with Crippen molar-refractivity contribution in [2.45, 2.75) is 18.9 Å². The van der Waals surface area contributed by atoms with Gasteiger partial charge in [-0.1, -0.05) is 0 Å².